The molecule has 0 aliphatic carbocycles. The van der Waals surface area contributed by atoms with E-state index < -0.39 is 10.0 Å². The van der Waals surface area contributed by atoms with Crippen LogP contribution in [0.4, 0.5) is 0 Å². The fourth-order valence-electron chi connectivity index (χ4n) is 2.76. The van der Waals surface area contributed by atoms with Gasteiger partial charge < -0.3 is 4.52 Å². The van der Waals surface area contributed by atoms with E-state index in [1.807, 2.05) is 13.0 Å². The fourth-order valence-corrected chi connectivity index (χ4v) is 4.33. The summed E-state index contributed by atoms with van der Waals surface area (Å²) >= 11 is 0. The van der Waals surface area contributed by atoms with Gasteiger partial charge in [-0.3, -0.25) is 4.90 Å². The number of hydrogen-bond donors (Lipinski definition) is 0. The molecule has 24 heavy (non-hydrogen) atoms. The number of aromatic nitrogens is 1. The highest BCUT2D eigenvalue weighted by atomic mass is 32.2. The molecule has 1 aliphatic rings. The van der Waals surface area contributed by atoms with E-state index in [2.05, 4.69) is 10.1 Å². The predicted molar refractivity (Wildman–Crippen MR) is 86.4 cm³/mol. The minimum absolute atomic E-state index is 0.0795. The molecular formula is C16H18N4O3S. The Balaban J connectivity index is 1.70. The molecule has 0 saturated carbocycles. The first-order valence-corrected chi connectivity index (χ1v) is 9.08. The van der Waals surface area contributed by atoms with Crippen molar-refractivity contribution in [3.8, 4) is 6.07 Å². The lowest BCUT2D eigenvalue weighted by Crippen LogP contribution is -2.48. The Kier molecular flexibility index (Phi) is 4.66. The lowest BCUT2D eigenvalue weighted by molar-refractivity contribution is 0.181. The maximum Gasteiger partial charge on any atom is 0.244 e. The van der Waals surface area contributed by atoms with Gasteiger partial charge in [-0.25, -0.2) is 8.42 Å². The first-order chi connectivity index (χ1) is 11.5. The van der Waals surface area contributed by atoms with E-state index in [0.29, 0.717) is 32.7 Å². The predicted octanol–water partition coefficient (Wildman–Crippen LogP) is 1.36. The molecular weight excluding hydrogens is 328 g/mol. The third-order valence-electron chi connectivity index (χ3n) is 4.20. The van der Waals surface area contributed by atoms with E-state index in [9.17, 15) is 8.42 Å². The van der Waals surface area contributed by atoms with E-state index >= 15 is 0 Å². The number of aryl methyl sites for hydroxylation is 1. The molecule has 0 bridgehead atoms. The largest absolute Gasteiger partial charge is 0.361 e. The van der Waals surface area contributed by atoms with Gasteiger partial charge in [-0.15, -0.1) is 0 Å². The number of nitriles is 1. The number of rotatable bonds is 4. The fraction of sp³-hybridized carbons (Fsp3) is 0.375. The molecule has 1 fully saturated rings. The van der Waals surface area contributed by atoms with Gasteiger partial charge in [-0.2, -0.15) is 9.57 Å². The second kappa shape index (κ2) is 6.73. The van der Waals surface area contributed by atoms with Crippen LogP contribution < -0.4 is 0 Å². The second-order valence-corrected chi connectivity index (χ2v) is 7.60. The summed E-state index contributed by atoms with van der Waals surface area (Å²) in [5, 5.41) is 12.9. The molecule has 3 rings (SSSR count). The molecule has 0 amide bonds. The highest BCUT2D eigenvalue weighted by molar-refractivity contribution is 7.89. The molecule has 7 nitrogen and oxygen atoms in total. The number of nitrogens with zero attached hydrogens (tertiary/aromatic N) is 4. The van der Waals surface area contributed by atoms with Crippen LogP contribution in [0.15, 0.2) is 39.9 Å². The molecule has 1 saturated heterocycles. The van der Waals surface area contributed by atoms with Crippen LogP contribution in [0.5, 0.6) is 0 Å². The van der Waals surface area contributed by atoms with Crippen molar-refractivity contribution >= 4 is 10.0 Å². The molecule has 2 heterocycles. The molecule has 2 aromatic rings. The number of sulfonamides is 1. The Morgan fingerprint density at radius 2 is 1.96 bits per heavy atom. The minimum Gasteiger partial charge on any atom is -0.361 e. The summed E-state index contributed by atoms with van der Waals surface area (Å²) in [4.78, 5) is 2.25. The summed E-state index contributed by atoms with van der Waals surface area (Å²) < 4.78 is 32.0. The molecule has 1 aliphatic heterocycles. The van der Waals surface area contributed by atoms with Crippen LogP contribution in [0, 0.1) is 18.3 Å². The molecule has 126 valence electrons. The van der Waals surface area contributed by atoms with Crippen molar-refractivity contribution in [3.05, 3.63) is 47.3 Å². The van der Waals surface area contributed by atoms with Crippen LogP contribution in [0.1, 0.15) is 16.9 Å². The monoisotopic (exact) mass is 346 g/mol. The maximum absolute atomic E-state index is 12.8. The summed E-state index contributed by atoms with van der Waals surface area (Å²) in [6.07, 6.45) is 1.70. The van der Waals surface area contributed by atoms with E-state index in [-0.39, 0.29) is 10.5 Å². The van der Waals surface area contributed by atoms with Gasteiger partial charge in [0.15, 0.2) is 0 Å². The van der Waals surface area contributed by atoms with Gasteiger partial charge in [0, 0.05) is 38.3 Å². The minimum atomic E-state index is -3.65. The van der Waals surface area contributed by atoms with Crippen molar-refractivity contribution in [1.29, 1.82) is 5.26 Å². The molecule has 0 unspecified atom stereocenters. The average Bonchev–Trinajstić information content (AvgIpc) is 3.00. The van der Waals surface area contributed by atoms with Gasteiger partial charge in [0.1, 0.15) is 11.8 Å². The van der Waals surface area contributed by atoms with E-state index in [1.54, 1.807) is 18.3 Å². The lowest BCUT2D eigenvalue weighted by atomic mass is 10.2. The average molecular weight is 346 g/mol. The smallest absolute Gasteiger partial charge is 0.244 e. The highest BCUT2D eigenvalue weighted by Crippen LogP contribution is 2.21. The zero-order chi connectivity index (χ0) is 17.2. The molecule has 0 atom stereocenters. The summed E-state index contributed by atoms with van der Waals surface area (Å²) in [6.45, 7) is 4.59. The summed E-state index contributed by atoms with van der Waals surface area (Å²) in [7, 11) is -3.65. The van der Waals surface area contributed by atoms with Crippen molar-refractivity contribution in [2.75, 3.05) is 26.2 Å². The van der Waals surface area contributed by atoms with Gasteiger partial charge >= 0.3 is 0 Å². The molecule has 1 aromatic heterocycles. The van der Waals surface area contributed by atoms with Crippen LogP contribution in [0.2, 0.25) is 0 Å². The quantitative estimate of drug-likeness (QED) is 0.830. The van der Waals surface area contributed by atoms with Crippen molar-refractivity contribution in [2.45, 2.75) is 18.4 Å². The first kappa shape index (κ1) is 16.6. The SMILES string of the molecule is Cc1oncc1CN1CCN(S(=O)(=O)c2ccccc2C#N)CC1. The number of piperazine rings is 1. The third kappa shape index (κ3) is 3.19. The van der Waals surface area contributed by atoms with E-state index in [1.165, 1.54) is 16.4 Å². The van der Waals surface area contributed by atoms with Gasteiger partial charge in [-0.1, -0.05) is 17.3 Å². The maximum atomic E-state index is 12.8. The van der Waals surface area contributed by atoms with Gasteiger partial charge in [-0.05, 0) is 19.1 Å². The molecule has 1 aromatic carbocycles. The van der Waals surface area contributed by atoms with Crippen LogP contribution in [0.25, 0.3) is 0 Å². The van der Waals surface area contributed by atoms with Crippen molar-refractivity contribution < 1.29 is 12.9 Å². The third-order valence-corrected chi connectivity index (χ3v) is 6.16. The Labute approximate surface area is 141 Å². The topological polar surface area (TPSA) is 90.4 Å². The van der Waals surface area contributed by atoms with Crippen LogP contribution >= 0.6 is 0 Å². The summed E-state index contributed by atoms with van der Waals surface area (Å²) in [5.41, 5.74) is 1.20. The lowest BCUT2D eigenvalue weighted by Gasteiger charge is -2.33. The number of hydrogen-bond acceptors (Lipinski definition) is 6. The Morgan fingerprint density at radius 3 is 2.58 bits per heavy atom. The number of benzene rings is 1. The van der Waals surface area contributed by atoms with Crippen molar-refractivity contribution in [2.24, 2.45) is 0 Å². The van der Waals surface area contributed by atoms with Crippen molar-refractivity contribution in [1.82, 2.24) is 14.4 Å². The van der Waals surface area contributed by atoms with E-state index in [0.717, 1.165) is 11.3 Å². The zero-order valence-corrected chi connectivity index (χ0v) is 14.2. The Hall–Kier alpha value is -2.21. The highest BCUT2D eigenvalue weighted by Gasteiger charge is 2.30. The first-order valence-electron chi connectivity index (χ1n) is 7.64. The normalized spacial score (nSPS) is 16.8. The Morgan fingerprint density at radius 1 is 1.25 bits per heavy atom. The summed E-state index contributed by atoms with van der Waals surface area (Å²) in [6, 6.07) is 8.27. The molecule has 8 heteroatoms. The van der Waals surface area contributed by atoms with Crippen molar-refractivity contribution in [3.63, 3.8) is 0 Å². The van der Waals surface area contributed by atoms with Crippen LogP contribution in [0.3, 0.4) is 0 Å². The Bertz CT molecular complexity index is 861. The molecule has 0 radical (unpaired) electrons. The van der Waals surface area contributed by atoms with Gasteiger partial charge in [0.25, 0.3) is 0 Å². The second-order valence-electron chi connectivity index (χ2n) is 5.70. The standard InChI is InChI=1S/C16H18N4O3S/c1-13-15(11-18-23-13)12-19-6-8-20(9-7-19)24(21,22)16-5-3-2-4-14(16)10-17/h2-5,11H,6-9,12H2,1H3. The van der Waals surface area contributed by atoms with Gasteiger partial charge in [0.2, 0.25) is 10.0 Å². The molecule has 0 N–H and O–H groups in total. The molecule has 0 spiro atoms. The van der Waals surface area contributed by atoms with E-state index in [4.69, 9.17) is 9.78 Å². The zero-order valence-electron chi connectivity index (χ0n) is 13.3. The van der Waals surface area contributed by atoms with Gasteiger partial charge in [0.05, 0.1) is 16.7 Å². The summed E-state index contributed by atoms with van der Waals surface area (Å²) in [5.74, 6) is 0.785. The van der Waals surface area contributed by atoms with Crippen LogP contribution in [-0.4, -0.2) is 49.0 Å². The van der Waals surface area contributed by atoms with Crippen LogP contribution in [-0.2, 0) is 16.6 Å².